The van der Waals surface area contributed by atoms with Gasteiger partial charge in [0.1, 0.15) is 0 Å². The van der Waals surface area contributed by atoms with E-state index in [1.807, 2.05) is 11.3 Å². The van der Waals surface area contributed by atoms with Gasteiger partial charge >= 0.3 is 0 Å². The third-order valence-electron chi connectivity index (χ3n) is 4.53. The number of hydrogen-bond donors (Lipinski definition) is 1. The highest BCUT2D eigenvalue weighted by atomic mass is 32.1. The van der Waals surface area contributed by atoms with E-state index in [2.05, 4.69) is 63.3 Å². The first-order valence-corrected chi connectivity index (χ1v) is 8.44. The largest absolute Gasteiger partial charge is 0.311 e. The van der Waals surface area contributed by atoms with Crippen LogP contribution in [0.5, 0.6) is 0 Å². The van der Waals surface area contributed by atoms with E-state index in [4.69, 9.17) is 0 Å². The Balaban J connectivity index is 3.20. The maximum absolute atomic E-state index is 3.59. The Morgan fingerprint density at radius 1 is 1.21 bits per heavy atom. The zero-order valence-corrected chi connectivity index (χ0v) is 14.2. The molecular weight excluding hydrogens is 252 g/mol. The van der Waals surface area contributed by atoms with Gasteiger partial charge in [-0.25, -0.2) is 0 Å². The highest BCUT2D eigenvalue weighted by Crippen LogP contribution is 2.38. The molecule has 110 valence electrons. The molecule has 3 heteroatoms. The van der Waals surface area contributed by atoms with E-state index in [1.54, 1.807) is 0 Å². The molecule has 0 saturated heterocycles. The summed E-state index contributed by atoms with van der Waals surface area (Å²) >= 11 is 1.85. The number of aryl methyl sites for hydroxylation is 1. The molecule has 0 bridgehead atoms. The lowest BCUT2D eigenvalue weighted by molar-refractivity contribution is 0.0516. The van der Waals surface area contributed by atoms with Gasteiger partial charge < -0.3 is 5.32 Å². The van der Waals surface area contributed by atoms with Crippen molar-refractivity contribution in [1.29, 1.82) is 0 Å². The van der Waals surface area contributed by atoms with Crippen molar-refractivity contribution in [3.05, 3.63) is 21.9 Å². The van der Waals surface area contributed by atoms with Crippen LogP contribution >= 0.6 is 11.3 Å². The lowest BCUT2D eigenvalue weighted by atomic mass is 9.79. The van der Waals surface area contributed by atoms with Crippen LogP contribution in [-0.2, 0) is 0 Å². The van der Waals surface area contributed by atoms with Crippen LogP contribution in [-0.4, -0.2) is 30.6 Å². The van der Waals surface area contributed by atoms with Crippen molar-refractivity contribution in [2.75, 3.05) is 20.1 Å². The van der Waals surface area contributed by atoms with Crippen molar-refractivity contribution in [2.24, 2.45) is 0 Å². The average Bonchev–Trinajstić information content (AvgIpc) is 2.85. The quantitative estimate of drug-likeness (QED) is 0.768. The fourth-order valence-corrected chi connectivity index (χ4v) is 4.23. The van der Waals surface area contributed by atoms with E-state index in [9.17, 15) is 0 Å². The van der Waals surface area contributed by atoms with Gasteiger partial charge in [0.05, 0.1) is 6.04 Å². The van der Waals surface area contributed by atoms with Crippen molar-refractivity contribution in [3.63, 3.8) is 0 Å². The molecule has 1 atom stereocenters. The van der Waals surface area contributed by atoms with Crippen molar-refractivity contribution < 1.29 is 0 Å². The minimum absolute atomic E-state index is 0.214. The summed E-state index contributed by atoms with van der Waals surface area (Å²) in [6.45, 7) is 13.6. The third-order valence-corrected chi connectivity index (χ3v) is 5.41. The summed E-state index contributed by atoms with van der Waals surface area (Å²) in [5.41, 5.74) is 1.66. The van der Waals surface area contributed by atoms with Crippen LogP contribution in [0.1, 0.15) is 57.0 Å². The topological polar surface area (TPSA) is 15.3 Å². The zero-order chi connectivity index (χ0) is 14.5. The summed E-state index contributed by atoms with van der Waals surface area (Å²) in [5, 5.41) is 5.91. The molecule has 0 aliphatic rings. The SMILES string of the molecule is CCN(CC)C(CC)(CC)C(NC)c1csc(C)c1. The van der Waals surface area contributed by atoms with E-state index in [1.165, 1.54) is 23.3 Å². The first kappa shape index (κ1) is 16.7. The van der Waals surface area contributed by atoms with Gasteiger partial charge in [0.2, 0.25) is 0 Å². The minimum atomic E-state index is 0.214. The van der Waals surface area contributed by atoms with Gasteiger partial charge in [0.25, 0.3) is 0 Å². The van der Waals surface area contributed by atoms with Crippen LogP contribution in [0, 0.1) is 6.92 Å². The monoisotopic (exact) mass is 282 g/mol. The molecule has 0 radical (unpaired) electrons. The van der Waals surface area contributed by atoms with Gasteiger partial charge in [-0.05, 0) is 56.9 Å². The van der Waals surface area contributed by atoms with Crippen LogP contribution in [0.25, 0.3) is 0 Å². The molecule has 1 rings (SSSR count). The lowest BCUT2D eigenvalue weighted by Crippen LogP contribution is -2.55. The van der Waals surface area contributed by atoms with Crippen molar-refractivity contribution in [1.82, 2.24) is 10.2 Å². The molecule has 1 N–H and O–H groups in total. The van der Waals surface area contributed by atoms with Crippen LogP contribution in [0.4, 0.5) is 0 Å². The summed E-state index contributed by atoms with van der Waals surface area (Å²) in [4.78, 5) is 4.03. The Morgan fingerprint density at radius 2 is 1.79 bits per heavy atom. The molecule has 1 heterocycles. The summed E-state index contributed by atoms with van der Waals surface area (Å²) < 4.78 is 0. The van der Waals surface area contributed by atoms with Crippen LogP contribution in [0.15, 0.2) is 11.4 Å². The summed E-state index contributed by atoms with van der Waals surface area (Å²) in [6.07, 6.45) is 2.34. The second kappa shape index (κ2) is 7.41. The lowest BCUT2D eigenvalue weighted by Gasteiger charge is -2.48. The molecule has 0 aliphatic heterocycles. The van der Waals surface area contributed by atoms with Crippen LogP contribution < -0.4 is 5.32 Å². The molecule has 0 amide bonds. The van der Waals surface area contributed by atoms with Crippen molar-refractivity contribution in [2.45, 2.75) is 59.0 Å². The molecule has 0 spiro atoms. The fraction of sp³-hybridized carbons (Fsp3) is 0.750. The number of thiophene rings is 1. The number of nitrogens with one attached hydrogen (secondary N) is 1. The Bertz CT molecular complexity index is 365. The van der Waals surface area contributed by atoms with Gasteiger partial charge in [0, 0.05) is 10.4 Å². The second-order valence-electron chi connectivity index (χ2n) is 5.20. The molecule has 0 fully saturated rings. The Kier molecular flexibility index (Phi) is 6.51. The molecule has 19 heavy (non-hydrogen) atoms. The Labute approximate surface area is 123 Å². The zero-order valence-electron chi connectivity index (χ0n) is 13.4. The van der Waals surface area contributed by atoms with Gasteiger partial charge in [-0.2, -0.15) is 0 Å². The standard InChI is InChI=1S/C16H30N2S/c1-7-16(8-2,18(9-3)10-4)15(17-6)14-11-13(5)19-12-14/h11-12,15,17H,7-10H2,1-6H3. The molecule has 0 aromatic carbocycles. The van der Waals surface area contributed by atoms with Gasteiger partial charge in [0.15, 0.2) is 0 Å². The summed E-state index contributed by atoms with van der Waals surface area (Å²) in [5.74, 6) is 0. The number of nitrogens with zero attached hydrogens (tertiary/aromatic N) is 1. The number of rotatable bonds is 8. The maximum atomic E-state index is 3.59. The summed E-state index contributed by atoms with van der Waals surface area (Å²) in [7, 11) is 2.10. The second-order valence-corrected chi connectivity index (χ2v) is 6.31. The molecule has 0 saturated carbocycles. The van der Waals surface area contributed by atoms with Crippen molar-refractivity contribution in [3.8, 4) is 0 Å². The van der Waals surface area contributed by atoms with Crippen LogP contribution in [0.2, 0.25) is 0 Å². The van der Waals surface area contributed by atoms with Gasteiger partial charge in [-0.3, -0.25) is 4.90 Å². The van der Waals surface area contributed by atoms with E-state index in [-0.39, 0.29) is 5.54 Å². The molecule has 0 aliphatic carbocycles. The maximum Gasteiger partial charge on any atom is 0.0512 e. The first-order chi connectivity index (χ1) is 9.09. The van der Waals surface area contributed by atoms with Gasteiger partial charge in [-0.1, -0.05) is 27.7 Å². The molecule has 1 unspecified atom stereocenters. The number of hydrogen-bond acceptors (Lipinski definition) is 3. The van der Waals surface area contributed by atoms with E-state index >= 15 is 0 Å². The Morgan fingerprint density at radius 3 is 2.11 bits per heavy atom. The Hall–Kier alpha value is -0.380. The minimum Gasteiger partial charge on any atom is -0.311 e. The fourth-order valence-electron chi connectivity index (χ4n) is 3.50. The highest BCUT2D eigenvalue weighted by Gasteiger charge is 2.40. The predicted octanol–water partition coefficient (Wildman–Crippen LogP) is 4.22. The molecule has 2 nitrogen and oxygen atoms in total. The molecular formula is C16H30N2S. The van der Waals surface area contributed by atoms with Crippen LogP contribution in [0.3, 0.4) is 0 Å². The third kappa shape index (κ3) is 3.21. The van der Waals surface area contributed by atoms with E-state index in [0.717, 1.165) is 13.1 Å². The highest BCUT2D eigenvalue weighted by molar-refractivity contribution is 7.10. The normalized spacial score (nSPS) is 14.1. The average molecular weight is 282 g/mol. The van der Waals surface area contributed by atoms with E-state index in [0.29, 0.717) is 6.04 Å². The number of likely N-dealkylation sites (N-methyl/N-ethyl adjacent to an activating group) is 2. The predicted molar refractivity (Wildman–Crippen MR) is 87.1 cm³/mol. The molecule has 1 aromatic rings. The first-order valence-electron chi connectivity index (χ1n) is 7.56. The molecule has 1 aromatic heterocycles. The smallest absolute Gasteiger partial charge is 0.0512 e. The van der Waals surface area contributed by atoms with Gasteiger partial charge in [-0.15, -0.1) is 11.3 Å². The van der Waals surface area contributed by atoms with E-state index < -0.39 is 0 Å². The van der Waals surface area contributed by atoms with Crippen molar-refractivity contribution >= 4 is 11.3 Å². The summed E-state index contributed by atoms with van der Waals surface area (Å²) in [6, 6.07) is 2.75.